The summed E-state index contributed by atoms with van der Waals surface area (Å²) in [5.74, 6) is -11.7. The highest BCUT2D eigenvalue weighted by molar-refractivity contribution is 6.32. The van der Waals surface area contributed by atoms with Crippen molar-refractivity contribution in [3.63, 3.8) is 0 Å². The molecule has 6 atom stereocenters. The number of primary amides is 2. The Kier molecular flexibility index (Phi) is 6.04. The second-order valence-corrected chi connectivity index (χ2v) is 10.7. The van der Waals surface area contributed by atoms with Crippen LogP contribution in [0.5, 0.6) is 5.75 Å². The number of carbonyl (C=O) groups excluding carboxylic acids is 6. The first kappa shape index (κ1) is 26.4. The van der Waals surface area contributed by atoms with Crippen LogP contribution in [-0.2, 0) is 25.6 Å². The standard InChI is InChI=1S/C28H27N3O8/c1-31(2)21-16-10-13-9-15-14(11-4-3-5-12(8-11)26(29)37)6-7-17(32)19(15)22(33)18(13)24(35)28(16,39)25(36)20(23(21)34)27(30)38/h3-8,13,16,18,20-21,32,39H,9-10H2,1-2H3,(H2,29,37)(H2,30,38)/t13-,16-,18?,20?,21-,28-/m1/s1. The number of aromatic hydroxyl groups is 1. The van der Waals surface area contributed by atoms with Crippen LogP contribution in [-0.4, -0.2) is 75.8 Å². The molecule has 3 aliphatic carbocycles. The second kappa shape index (κ2) is 8.92. The maximum atomic E-state index is 13.9. The number of carbonyl (C=O) groups is 6. The summed E-state index contributed by atoms with van der Waals surface area (Å²) in [4.78, 5) is 79.4. The van der Waals surface area contributed by atoms with Gasteiger partial charge in [-0.25, -0.2) is 0 Å². The minimum atomic E-state index is -2.78. The zero-order chi connectivity index (χ0) is 28.5. The fraction of sp³-hybridized carbons (Fsp3) is 0.357. The van der Waals surface area contributed by atoms with Gasteiger partial charge in [0.25, 0.3) is 0 Å². The van der Waals surface area contributed by atoms with Gasteiger partial charge in [-0.2, -0.15) is 0 Å². The number of aliphatic hydroxyl groups is 1. The summed E-state index contributed by atoms with van der Waals surface area (Å²) in [7, 11) is 3.05. The number of phenols is 1. The zero-order valence-corrected chi connectivity index (χ0v) is 21.2. The van der Waals surface area contributed by atoms with Gasteiger partial charge < -0.3 is 21.7 Å². The molecular weight excluding hydrogens is 506 g/mol. The lowest BCUT2D eigenvalue weighted by atomic mass is 9.52. The van der Waals surface area contributed by atoms with E-state index in [2.05, 4.69) is 0 Å². The number of hydrogen-bond donors (Lipinski definition) is 4. The van der Waals surface area contributed by atoms with Crippen molar-refractivity contribution in [1.82, 2.24) is 4.90 Å². The van der Waals surface area contributed by atoms with E-state index < -0.39 is 70.3 Å². The van der Waals surface area contributed by atoms with E-state index in [0.717, 1.165) is 0 Å². The summed E-state index contributed by atoms with van der Waals surface area (Å²) < 4.78 is 0. The Hall–Kier alpha value is -4.22. The Morgan fingerprint density at radius 1 is 1.03 bits per heavy atom. The van der Waals surface area contributed by atoms with Crippen LogP contribution in [0.2, 0.25) is 0 Å². The molecule has 3 aliphatic rings. The number of ketones is 4. The number of benzene rings is 2. The summed E-state index contributed by atoms with van der Waals surface area (Å²) >= 11 is 0. The van der Waals surface area contributed by atoms with Gasteiger partial charge in [0.05, 0.1) is 17.5 Å². The van der Waals surface area contributed by atoms with Crippen LogP contribution in [0.1, 0.15) is 32.7 Å². The molecule has 2 unspecified atom stereocenters. The maximum absolute atomic E-state index is 13.9. The van der Waals surface area contributed by atoms with Crippen molar-refractivity contribution in [2.45, 2.75) is 24.5 Å². The average Bonchev–Trinajstić information content (AvgIpc) is 2.86. The van der Waals surface area contributed by atoms with E-state index in [-0.39, 0.29) is 29.7 Å². The number of nitrogens with zero attached hydrogens (tertiary/aromatic N) is 1. The highest BCUT2D eigenvalue weighted by atomic mass is 16.3. The van der Waals surface area contributed by atoms with Crippen molar-refractivity contribution in [2.75, 3.05) is 14.1 Å². The quantitative estimate of drug-likeness (QED) is 0.379. The predicted octanol–water partition coefficient (Wildman–Crippen LogP) is -0.367. The van der Waals surface area contributed by atoms with E-state index in [0.29, 0.717) is 16.7 Å². The first-order valence-corrected chi connectivity index (χ1v) is 12.4. The molecular formula is C28H27N3O8. The Morgan fingerprint density at radius 3 is 2.33 bits per heavy atom. The third-order valence-corrected chi connectivity index (χ3v) is 8.40. The van der Waals surface area contributed by atoms with Gasteiger partial charge in [0, 0.05) is 11.5 Å². The fourth-order valence-corrected chi connectivity index (χ4v) is 6.72. The average molecular weight is 534 g/mol. The number of Topliss-reactive ketones (excluding diaryl/α,β-unsaturated/α-hetero) is 4. The first-order valence-electron chi connectivity index (χ1n) is 12.4. The smallest absolute Gasteiger partial charge is 0.248 e. The lowest BCUT2D eigenvalue weighted by molar-refractivity contribution is -0.181. The lowest BCUT2D eigenvalue weighted by Crippen LogP contribution is -2.74. The molecule has 2 aromatic carbocycles. The molecule has 11 heteroatoms. The number of phenolic OH excluding ortho intramolecular Hbond substituents is 1. The summed E-state index contributed by atoms with van der Waals surface area (Å²) in [6.07, 6.45) is 0.0523. The summed E-state index contributed by atoms with van der Waals surface area (Å²) in [6, 6.07) is 8.15. The number of likely N-dealkylation sites (N-methyl/N-ethyl adjacent to an activating group) is 1. The van der Waals surface area contributed by atoms with Crippen molar-refractivity contribution in [1.29, 1.82) is 0 Å². The molecule has 2 aromatic rings. The van der Waals surface area contributed by atoms with Gasteiger partial charge >= 0.3 is 0 Å². The zero-order valence-electron chi connectivity index (χ0n) is 21.2. The second-order valence-electron chi connectivity index (χ2n) is 10.7. The van der Waals surface area contributed by atoms with E-state index in [1.165, 1.54) is 25.1 Å². The number of fused-ring (bicyclic) bond motifs is 3. The highest BCUT2D eigenvalue weighted by Gasteiger charge is 2.69. The fourth-order valence-electron chi connectivity index (χ4n) is 6.72. The lowest BCUT2D eigenvalue weighted by Gasteiger charge is -2.52. The van der Waals surface area contributed by atoms with E-state index in [1.54, 1.807) is 30.3 Å². The number of amides is 2. The minimum Gasteiger partial charge on any atom is -0.507 e. The minimum absolute atomic E-state index is 0.0552. The molecule has 0 aliphatic heterocycles. The van der Waals surface area contributed by atoms with E-state index >= 15 is 0 Å². The maximum Gasteiger partial charge on any atom is 0.248 e. The Morgan fingerprint density at radius 2 is 1.72 bits per heavy atom. The first-order chi connectivity index (χ1) is 18.3. The van der Waals surface area contributed by atoms with Crippen LogP contribution in [0.4, 0.5) is 0 Å². The molecule has 0 aromatic heterocycles. The molecule has 11 nitrogen and oxygen atoms in total. The molecule has 5 rings (SSSR count). The topological polar surface area (TPSA) is 198 Å². The largest absolute Gasteiger partial charge is 0.507 e. The monoisotopic (exact) mass is 533 g/mol. The molecule has 0 saturated heterocycles. The molecule has 202 valence electrons. The van der Waals surface area contributed by atoms with Gasteiger partial charge in [-0.15, -0.1) is 0 Å². The SMILES string of the molecule is CN(C)[C@H]1C(=O)C(C(N)=O)C(=O)[C@]2(O)C(=O)C3C(=O)c4c(O)ccc(-c5cccc(C(N)=O)c5)c4C[C@@H]3C[C@H]12. The van der Waals surface area contributed by atoms with Crippen molar-refractivity contribution in [2.24, 2.45) is 35.1 Å². The molecule has 2 amide bonds. The number of nitrogens with two attached hydrogens (primary N) is 2. The molecule has 0 radical (unpaired) electrons. The van der Waals surface area contributed by atoms with Gasteiger partial charge in [0.2, 0.25) is 11.8 Å². The third kappa shape index (κ3) is 3.64. The predicted molar refractivity (Wildman–Crippen MR) is 135 cm³/mol. The van der Waals surface area contributed by atoms with Crippen molar-refractivity contribution < 1.29 is 39.0 Å². The van der Waals surface area contributed by atoms with E-state index in [4.69, 9.17) is 11.5 Å². The van der Waals surface area contributed by atoms with E-state index in [9.17, 15) is 39.0 Å². The van der Waals surface area contributed by atoms with Crippen molar-refractivity contribution in [3.8, 4) is 16.9 Å². The van der Waals surface area contributed by atoms with Crippen LogP contribution in [0.25, 0.3) is 11.1 Å². The molecule has 6 N–H and O–H groups in total. The van der Waals surface area contributed by atoms with Crippen molar-refractivity contribution >= 4 is 34.9 Å². The summed E-state index contributed by atoms with van der Waals surface area (Å²) in [6.45, 7) is 0. The summed E-state index contributed by atoms with van der Waals surface area (Å²) in [5, 5.41) is 22.3. The van der Waals surface area contributed by atoms with Gasteiger partial charge in [-0.1, -0.05) is 18.2 Å². The molecule has 2 saturated carbocycles. The van der Waals surface area contributed by atoms with Gasteiger partial charge in [0.1, 0.15) is 5.75 Å². The Bertz CT molecular complexity index is 1500. The molecule has 2 fully saturated rings. The Labute approximate surface area is 222 Å². The van der Waals surface area contributed by atoms with Crippen molar-refractivity contribution in [3.05, 3.63) is 53.1 Å². The van der Waals surface area contributed by atoms with Crippen LogP contribution in [0.15, 0.2) is 36.4 Å². The molecule has 0 bridgehead atoms. The van der Waals surface area contributed by atoms with Crippen LogP contribution < -0.4 is 11.5 Å². The van der Waals surface area contributed by atoms with Gasteiger partial charge in [0.15, 0.2) is 34.7 Å². The molecule has 0 heterocycles. The van der Waals surface area contributed by atoms with Gasteiger partial charge in [-0.3, -0.25) is 33.7 Å². The van der Waals surface area contributed by atoms with Crippen LogP contribution in [0, 0.1) is 23.7 Å². The third-order valence-electron chi connectivity index (χ3n) is 8.40. The normalized spacial score (nSPS) is 30.0. The Balaban J connectivity index is 1.66. The summed E-state index contributed by atoms with van der Waals surface area (Å²) in [5.41, 5.74) is 9.64. The molecule has 39 heavy (non-hydrogen) atoms. The number of hydrogen-bond acceptors (Lipinski definition) is 9. The van der Waals surface area contributed by atoms with Crippen LogP contribution >= 0.6 is 0 Å². The molecule has 0 spiro atoms. The number of rotatable bonds is 4. The van der Waals surface area contributed by atoms with Crippen LogP contribution in [0.3, 0.4) is 0 Å². The highest BCUT2D eigenvalue weighted by Crippen LogP contribution is 2.51. The van der Waals surface area contributed by atoms with Gasteiger partial charge in [-0.05, 0) is 67.7 Å². The van der Waals surface area contributed by atoms with E-state index in [1.807, 2.05) is 0 Å².